The zero-order chi connectivity index (χ0) is 26.6. The molecule has 194 valence electrons. The fourth-order valence-electron chi connectivity index (χ4n) is 3.48. The fourth-order valence-corrected chi connectivity index (χ4v) is 4.56. The van der Waals surface area contributed by atoms with E-state index in [-0.39, 0.29) is 17.5 Å². The minimum Gasteiger partial charge on any atom is -0.494 e. The Morgan fingerprint density at radius 2 is 1.68 bits per heavy atom. The highest BCUT2D eigenvalue weighted by Gasteiger charge is 2.27. The maximum atomic E-state index is 13.1. The number of para-hydroxylation sites is 1. The van der Waals surface area contributed by atoms with Gasteiger partial charge in [0.25, 0.3) is 0 Å². The molecule has 4 rings (SSSR count). The summed E-state index contributed by atoms with van der Waals surface area (Å²) in [5.74, 6) is 0.350. The van der Waals surface area contributed by atoms with Gasteiger partial charge in [-0.15, -0.1) is 10.2 Å². The SMILES string of the molecule is COc1cccc(-c2nnc(NS(=O)(=O)C[C@@H](O)c3cnc(C)cn3)n2-c2c(OC)cccc2OC)n1. The van der Waals surface area contributed by atoms with Gasteiger partial charge >= 0.3 is 0 Å². The number of rotatable bonds is 10. The Kier molecular flexibility index (Phi) is 7.50. The van der Waals surface area contributed by atoms with E-state index < -0.39 is 21.9 Å². The summed E-state index contributed by atoms with van der Waals surface area (Å²) in [4.78, 5) is 12.5. The topological polar surface area (TPSA) is 163 Å². The molecule has 0 amide bonds. The first-order valence-electron chi connectivity index (χ1n) is 10.9. The fraction of sp³-hybridized carbons (Fsp3) is 0.261. The number of hydrogen-bond donors (Lipinski definition) is 2. The monoisotopic (exact) mass is 527 g/mol. The molecule has 0 saturated heterocycles. The number of benzene rings is 1. The van der Waals surface area contributed by atoms with Crippen LogP contribution in [0.3, 0.4) is 0 Å². The van der Waals surface area contributed by atoms with E-state index >= 15 is 0 Å². The van der Waals surface area contributed by atoms with E-state index in [0.717, 1.165) is 0 Å². The first kappa shape index (κ1) is 25.8. The van der Waals surface area contributed by atoms with Crippen molar-refractivity contribution in [3.63, 3.8) is 0 Å². The molecule has 37 heavy (non-hydrogen) atoms. The highest BCUT2D eigenvalue weighted by Crippen LogP contribution is 2.37. The van der Waals surface area contributed by atoms with Crippen LogP contribution in [0, 0.1) is 6.92 Å². The second kappa shape index (κ2) is 10.8. The van der Waals surface area contributed by atoms with Crippen molar-refractivity contribution in [3.8, 4) is 34.6 Å². The van der Waals surface area contributed by atoms with Crippen LogP contribution in [0.2, 0.25) is 0 Å². The van der Waals surface area contributed by atoms with Gasteiger partial charge in [-0.05, 0) is 25.1 Å². The van der Waals surface area contributed by atoms with Crippen molar-refractivity contribution >= 4 is 16.0 Å². The molecule has 0 bridgehead atoms. The van der Waals surface area contributed by atoms with E-state index in [2.05, 4.69) is 29.9 Å². The standard InChI is InChI=1S/C23H25N7O6S/c1-14-11-25-16(12-24-14)17(31)13-37(32,33)29-23-28-27-22(15-7-5-10-20(26-15)36-4)30(23)21-18(34-2)8-6-9-19(21)35-3/h5-12,17,31H,13H2,1-4H3,(H,28,29)/t17-/m1/s1. The Morgan fingerprint density at radius 3 is 2.30 bits per heavy atom. The van der Waals surface area contributed by atoms with Crippen molar-refractivity contribution < 1.29 is 27.7 Å². The molecule has 0 fully saturated rings. The quantitative estimate of drug-likeness (QED) is 0.310. The largest absolute Gasteiger partial charge is 0.494 e. The molecule has 0 aliphatic heterocycles. The summed E-state index contributed by atoms with van der Waals surface area (Å²) in [7, 11) is 0.249. The summed E-state index contributed by atoms with van der Waals surface area (Å²) in [5, 5.41) is 18.8. The van der Waals surface area contributed by atoms with Gasteiger partial charge in [0, 0.05) is 12.3 Å². The van der Waals surface area contributed by atoms with Crippen LogP contribution in [0.5, 0.6) is 17.4 Å². The van der Waals surface area contributed by atoms with Gasteiger partial charge in [-0.1, -0.05) is 12.1 Å². The zero-order valence-corrected chi connectivity index (χ0v) is 21.3. The molecule has 13 nitrogen and oxygen atoms in total. The number of methoxy groups -OCH3 is 3. The lowest BCUT2D eigenvalue weighted by Gasteiger charge is -2.18. The highest BCUT2D eigenvalue weighted by atomic mass is 32.2. The molecule has 0 aliphatic carbocycles. The number of hydrogen-bond acceptors (Lipinski definition) is 11. The van der Waals surface area contributed by atoms with Gasteiger partial charge in [-0.3, -0.25) is 19.3 Å². The summed E-state index contributed by atoms with van der Waals surface area (Å²) >= 11 is 0. The van der Waals surface area contributed by atoms with Gasteiger partial charge in [-0.25, -0.2) is 13.4 Å². The lowest BCUT2D eigenvalue weighted by Crippen LogP contribution is -2.24. The number of aliphatic hydroxyl groups excluding tert-OH is 1. The highest BCUT2D eigenvalue weighted by molar-refractivity contribution is 7.92. The van der Waals surface area contributed by atoms with Gasteiger partial charge in [0.15, 0.2) is 5.82 Å². The van der Waals surface area contributed by atoms with Gasteiger partial charge in [-0.2, -0.15) is 0 Å². The van der Waals surface area contributed by atoms with E-state index in [1.54, 1.807) is 43.3 Å². The van der Waals surface area contributed by atoms with Crippen molar-refractivity contribution in [2.45, 2.75) is 13.0 Å². The number of aromatic nitrogens is 6. The Hall–Kier alpha value is -4.30. The van der Waals surface area contributed by atoms with Crippen LogP contribution in [0.25, 0.3) is 17.2 Å². The third-order valence-electron chi connectivity index (χ3n) is 5.22. The molecule has 3 heterocycles. The van der Waals surface area contributed by atoms with Gasteiger partial charge < -0.3 is 19.3 Å². The molecule has 1 atom stereocenters. The third-order valence-corrected chi connectivity index (χ3v) is 6.46. The summed E-state index contributed by atoms with van der Waals surface area (Å²) in [6.45, 7) is 1.73. The second-order valence-electron chi connectivity index (χ2n) is 7.74. The summed E-state index contributed by atoms with van der Waals surface area (Å²) in [6, 6.07) is 10.1. The van der Waals surface area contributed by atoms with Crippen molar-refractivity contribution in [1.29, 1.82) is 0 Å². The molecule has 1 aromatic carbocycles. The molecule has 0 aliphatic rings. The molecular formula is C23H25N7O6S. The van der Waals surface area contributed by atoms with Gasteiger partial charge in [0.1, 0.15) is 34.7 Å². The molecular weight excluding hydrogens is 502 g/mol. The van der Waals surface area contributed by atoms with E-state index in [4.69, 9.17) is 14.2 Å². The molecule has 14 heteroatoms. The number of nitrogens with zero attached hydrogens (tertiary/aromatic N) is 6. The smallest absolute Gasteiger partial charge is 0.243 e. The maximum absolute atomic E-state index is 13.1. The van der Waals surface area contributed by atoms with E-state index in [0.29, 0.717) is 34.5 Å². The summed E-state index contributed by atoms with van der Waals surface area (Å²) < 4.78 is 46.3. The van der Waals surface area contributed by atoms with E-state index in [9.17, 15) is 13.5 Å². The number of sulfonamides is 1. The number of nitrogens with one attached hydrogen (secondary N) is 1. The van der Waals surface area contributed by atoms with Crippen molar-refractivity contribution in [1.82, 2.24) is 29.7 Å². The normalized spacial score (nSPS) is 12.1. The lowest BCUT2D eigenvalue weighted by atomic mass is 10.2. The predicted molar refractivity (Wildman–Crippen MR) is 133 cm³/mol. The summed E-state index contributed by atoms with van der Waals surface area (Å²) in [6.07, 6.45) is 1.34. The van der Waals surface area contributed by atoms with E-state index in [1.165, 1.54) is 38.3 Å². The minimum atomic E-state index is -4.16. The Labute approximate surface area is 213 Å². The Morgan fingerprint density at radius 1 is 0.973 bits per heavy atom. The average molecular weight is 528 g/mol. The Bertz CT molecular complexity index is 1470. The number of ether oxygens (including phenoxy) is 3. The molecule has 0 saturated carbocycles. The molecule has 0 spiro atoms. The Balaban J connectivity index is 1.80. The number of anilines is 1. The van der Waals surface area contributed by atoms with E-state index in [1.807, 2.05) is 0 Å². The molecule has 0 unspecified atom stereocenters. The molecule has 2 N–H and O–H groups in total. The molecule has 3 aromatic heterocycles. The van der Waals surface area contributed by atoms with Crippen LogP contribution in [-0.4, -0.2) is 70.3 Å². The number of aliphatic hydroxyl groups is 1. The maximum Gasteiger partial charge on any atom is 0.243 e. The number of aryl methyl sites for hydroxylation is 1. The van der Waals surface area contributed by atoms with Crippen LogP contribution < -0.4 is 18.9 Å². The van der Waals surface area contributed by atoms with Crippen LogP contribution in [0.15, 0.2) is 48.8 Å². The molecule has 4 aromatic rings. The van der Waals surface area contributed by atoms with Gasteiger partial charge in [0.05, 0.1) is 38.9 Å². The predicted octanol–water partition coefficient (Wildman–Crippen LogP) is 1.93. The molecule has 0 radical (unpaired) electrons. The van der Waals surface area contributed by atoms with Crippen LogP contribution in [-0.2, 0) is 10.0 Å². The first-order valence-corrected chi connectivity index (χ1v) is 12.6. The summed E-state index contributed by atoms with van der Waals surface area (Å²) in [5.41, 5.74) is 1.43. The van der Waals surface area contributed by atoms with Crippen molar-refractivity contribution in [3.05, 3.63) is 60.2 Å². The van der Waals surface area contributed by atoms with Crippen molar-refractivity contribution in [2.75, 3.05) is 31.8 Å². The average Bonchev–Trinajstić information content (AvgIpc) is 3.30. The van der Waals surface area contributed by atoms with Gasteiger partial charge in [0.2, 0.25) is 21.9 Å². The zero-order valence-electron chi connectivity index (χ0n) is 20.5. The lowest BCUT2D eigenvalue weighted by molar-refractivity contribution is 0.196. The minimum absolute atomic E-state index is 0.116. The van der Waals surface area contributed by atoms with Crippen molar-refractivity contribution in [2.24, 2.45) is 0 Å². The first-order chi connectivity index (χ1) is 17.8. The van der Waals surface area contributed by atoms with Crippen LogP contribution in [0.1, 0.15) is 17.5 Å². The number of pyridine rings is 1. The second-order valence-corrected chi connectivity index (χ2v) is 9.51. The van der Waals surface area contributed by atoms with Crippen LogP contribution >= 0.6 is 0 Å². The van der Waals surface area contributed by atoms with Crippen LogP contribution in [0.4, 0.5) is 5.95 Å². The third kappa shape index (κ3) is 5.59.